The van der Waals surface area contributed by atoms with Crippen LogP contribution in [0.4, 0.5) is 4.39 Å². The van der Waals surface area contributed by atoms with Crippen LogP contribution >= 0.6 is 11.6 Å². The third kappa shape index (κ3) is 0.974. The Labute approximate surface area is 73.6 Å². The maximum absolute atomic E-state index is 12.9. The van der Waals surface area contributed by atoms with Crippen LogP contribution in [0, 0.1) is 5.95 Å². The Bertz CT molecular complexity index is 442. The predicted molar refractivity (Wildman–Crippen MR) is 46.1 cm³/mol. The summed E-state index contributed by atoms with van der Waals surface area (Å²) in [7, 11) is 1.80. The normalized spacial score (nSPS) is 10.8. The first kappa shape index (κ1) is 7.55. The number of rotatable bonds is 0. The quantitative estimate of drug-likeness (QED) is 0.529. The molecule has 0 aliphatic carbocycles. The number of fused-ring (bicyclic) bond motifs is 1. The highest BCUT2D eigenvalue weighted by molar-refractivity contribution is 6.38. The number of nitrogens with zero attached hydrogens (tertiary/aromatic N) is 3. The summed E-state index contributed by atoms with van der Waals surface area (Å²) in [6.45, 7) is 0. The first-order valence-corrected chi connectivity index (χ1v) is 3.72. The van der Waals surface area contributed by atoms with Gasteiger partial charge < -0.3 is 0 Å². The molecule has 0 radical (unpaired) electrons. The molecule has 0 N–H and O–H groups in total. The lowest BCUT2D eigenvalue weighted by Gasteiger charge is -1.97. The number of hydrogen-bond acceptors (Lipinski definition) is 2. The summed E-state index contributed by atoms with van der Waals surface area (Å²) in [5.74, 6) is -0.504. The van der Waals surface area contributed by atoms with Crippen molar-refractivity contribution in [1.82, 2.24) is 14.6 Å². The molecular weight excluding hydrogens is 179 g/mol. The molecule has 2 heterocycles. The molecule has 0 amide bonds. The lowest BCUT2D eigenvalue weighted by Crippen LogP contribution is -2.10. The fourth-order valence-corrected chi connectivity index (χ4v) is 1.30. The molecule has 0 saturated heterocycles. The Morgan fingerprint density at radius 1 is 1.58 bits per heavy atom. The van der Waals surface area contributed by atoms with Crippen LogP contribution < -0.4 is 5.46 Å². The van der Waals surface area contributed by atoms with Crippen LogP contribution in [-0.2, 0) is 0 Å². The number of hydrogen-bond donors (Lipinski definition) is 0. The van der Waals surface area contributed by atoms with E-state index in [2.05, 4.69) is 10.1 Å². The van der Waals surface area contributed by atoms with Crippen molar-refractivity contribution >= 4 is 30.6 Å². The zero-order chi connectivity index (χ0) is 8.72. The van der Waals surface area contributed by atoms with Crippen LogP contribution in [0.3, 0.4) is 0 Å². The molecule has 12 heavy (non-hydrogen) atoms. The Balaban J connectivity index is 2.92. The second kappa shape index (κ2) is 2.45. The van der Waals surface area contributed by atoms with Gasteiger partial charge in [-0.2, -0.15) is 14.0 Å². The summed E-state index contributed by atoms with van der Waals surface area (Å²) in [6, 6.07) is 1.64. The summed E-state index contributed by atoms with van der Waals surface area (Å²) >= 11 is 5.63. The summed E-state index contributed by atoms with van der Waals surface area (Å²) in [4.78, 5) is 3.83. The first-order valence-electron chi connectivity index (χ1n) is 3.35. The van der Waals surface area contributed by atoms with E-state index in [4.69, 9.17) is 11.6 Å². The molecule has 60 valence electrons. The molecule has 0 spiro atoms. The van der Waals surface area contributed by atoms with E-state index >= 15 is 0 Å². The Morgan fingerprint density at radius 3 is 3.08 bits per heavy atom. The topological polar surface area (TPSA) is 30.2 Å². The Morgan fingerprint density at radius 2 is 2.33 bits per heavy atom. The number of imidazole rings is 1. The fraction of sp³-hybridized carbons (Fsp3) is 0. The summed E-state index contributed by atoms with van der Waals surface area (Å²) in [5.41, 5.74) is 1.30. The molecule has 6 heteroatoms. The molecular formula is C6H4BClFN3. The smallest absolute Gasteiger partial charge is 0.233 e. The van der Waals surface area contributed by atoms with E-state index in [1.54, 1.807) is 13.9 Å². The van der Waals surface area contributed by atoms with Gasteiger partial charge in [0.25, 0.3) is 0 Å². The van der Waals surface area contributed by atoms with Crippen molar-refractivity contribution in [1.29, 1.82) is 0 Å². The van der Waals surface area contributed by atoms with Crippen LogP contribution in [0.15, 0.2) is 12.3 Å². The van der Waals surface area contributed by atoms with Crippen molar-refractivity contribution in [3.8, 4) is 0 Å². The highest BCUT2D eigenvalue weighted by Gasteiger charge is 2.06. The SMILES string of the molecule is Bc1cc(Cl)nn2c(F)cnc12. The predicted octanol–water partition coefficient (Wildman–Crippen LogP) is -0.220. The highest BCUT2D eigenvalue weighted by atomic mass is 35.5. The van der Waals surface area contributed by atoms with Crippen molar-refractivity contribution in [3.63, 3.8) is 0 Å². The first-order chi connectivity index (χ1) is 5.68. The van der Waals surface area contributed by atoms with Gasteiger partial charge in [0, 0.05) is 0 Å². The standard InChI is InChI=1S/C6H4BClFN3/c7-3-1-4(8)11-12-5(9)2-10-6(3)12/h1-2H,7H2. The van der Waals surface area contributed by atoms with E-state index in [0.29, 0.717) is 5.65 Å². The molecule has 2 aromatic heterocycles. The van der Waals surface area contributed by atoms with Crippen LogP contribution in [0.2, 0.25) is 5.15 Å². The molecule has 0 aliphatic heterocycles. The Hall–Kier alpha value is -1.10. The minimum atomic E-state index is -0.504. The second-order valence-corrected chi connectivity index (χ2v) is 2.85. The number of halogens is 2. The maximum atomic E-state index is 12.9. The molecule has 0 aromatic carbocycles. The van der Waals surface area contributed by atoms with Crippen LogP contribution in [0.5, 0.6) is 0 Å². The fourth-order valence-electron chi connectivity index (χ4n) is 1.06. The van der Waals surface area contributed by atoms with Gasteiger partial charge in [-0.1, -0.05) is 11.6 Å². The average molecular weight is 183 g/mol. The second-order valence-electron chi connectivity index (χ2n) is 2.47. The summed E-state index contributed by atoms with van der Waals surface area (Å²) < 4.78 is 14.0. The summed E-state index contributed by atoms with van der Waals surface area (Å²) in [6.07, 6.45) is 1.12. The monoisotopic (exact) mass is 183 g/mol. The third-order valence-electron chi connectivity index (χ3n) is 1.58. The zero-order valence-corrected chi connectivity index (χ0v) is 7.01. The van der Waals surface area contributed by atoms with Gasteiger partial charge in [0.15, 0.2) is 5.65 Å². The van der Waals surface area contributed by atoms with E-state index in [1.165, 1.54) is 0 Å². The maximum Gasteiger partial charge on any atom is 0.234 e. The van der Waals surface area contributed by atoms with Crippen molar-refractivity contribution in [3.05, 3.63) is 23.4 Å². The van der Waals surface area contributed by atoms with Crippen LogP contribution in [0.1, 0.15) is 0 Å². The van der Waals surface area contributed by atoms with Gasteiger partial charge >= 0.3 is 0 Å². The van der Waals surface area contributed by atoms with Gasteiger partial charge in [0.1, 0.15) is 13.0 Å². The largest absolute Gasteiger partial charge is 0.234 e. The third-order valence-corrected chi connectivity index (χ3v) is 1.76. The van der Waals surface area contributed by atoms with E-state index in [1.807, 2.05) is 0 Å². The van der Waals surface area contributed by atoms with Crippen LogP contribution in [0.25, 0.3) is 5.65 Å². The van der Waals surface area contributed by atoms with E-state index in [9.17, 15) is 4.39 Å². The van der Waals surface area contributed by atoms with Crippen molar-refractivity contribution in [2.75, 3.05) is 0 Å². The molecule has 2 aromatic rings. The minimum absolute atomic E-state index is 0.261. The van der Waals surface area contributed by atoms with Gasteiger partial charge in [-0.05, 0) is 11.5 Å². The van der Waals surface area contributed by atoms with Gasteiger partial charge in [0.05, 0.1) is 6.20 Å². The lowest BCUT2D eigenvalue weighted by atomic mass is 9.99. The van der Waals surface area contributed by atoms with E-state index in [0.717, 1.165) is 16.2 Å². The molecule has 0 bridgehead atoms. The molecule has 0 unspecified atom stereocenters. The molecule has 3 nitrogen and oxygen atoms in total. The van der Waals surface area contributed by atoms with Gasteiger partial charge in [-0.3, -0.25) is 0 Å². The van der Waals surface area contributed by atoms with E-state index < -0.39 is 5.95 Å². The highest BCUT2D eigenvalue weighted by Crippen LogP contribution is 2.05. The zero-order valence-electron chi connectivity index (χ0n) is 6.25. The van der Waals surface area contributed by atoms with Gasteiger partial charge in [-0.25, -0.2) is 4.98 Å². The molecule has 0 fully saturated rings. The average Bonchev–Trinajstić information content (AvgIpc) is 2.33. The molecule has 2 rings (SSSR count). The molecule has 0 atom stereocenters. The van der Waals surface area contributed by atoms with Crippen molar-refractivity contribution in [2.45, 2.75) is 0 Å². The van der Waals surface area contributed by atoms with Gasteiger partial charge in [0.2, 0.25) is 5.95 Å². The Kier molecular flexibility index (Phi) is 1.54. The number of aromatic nitrogens is 3. The summed E-state index contributed by atoms with van der Waals surface area (Å²) in [5, 5.41) is 4.00. The minimum Gasteiger partial charge on any atom is -0.233 e. The van der Waals surface area contributed by atoms with Crippen LogP contribution in [-0.4, -0.2) is 22.4 Å². The molecule has 0 aliphatic rings. The lowest BCUT2D eigenvalue weighted by molar-refractivity contribution is 0.549. The van der Waals surface area contributed by atoms with Crippen molar-refractivity contribution in [2.24, 2.45) is 0 Å². The van der Waals surface area contributed by atoms with Crippen molar-refractivity contribution < 1.29 is 4.39 Å². The van der Waals surface area contributed by atoms with E-state index in [-0.39, 0.29) is 5.15 Å². The van der Waals surface area contributed by atoms with Gasteiger partial charge in [-0.15, -0.1) is 0 Å². The molecule has 0 saturated carbocycles.